The molecule has 0 atom stereocenters. The predicted molar refractivity (Wildman–Crippen MR) is 391 cm³/mol. The first kappa shape index (κ1) is 83.4. The molecule has 2 N–H and O–H groups in total. The molecule has 1 aliphatic heterocycles. The Kier molecular flexibility index (Phi) is 31.4. The van der Waals surface area contributed by atoms with Gasteiger partial charge in [-0.05, 0) is 78.3 Å². The molecule has 10 rings (SSSR count). The molecule has 0 unspecified atom stereocenters. The van der Waals surface area contributed by atoms with Gasteiger partial charge in [0.1, 0.15) is 63.9 Å². The Morgan fingerprint density at radius 3 is 1.19 bits per heavy atom. The minimum absolute atomic E-state index is 0.0385. The van der Waals surface area contributed by atoms with E-state index in [0.29, 0.717) is 66.5 Å². The van der Waals surface area contributed by atoms with E-state index in [-0.39, 0.29) is 50.6 Å². The number of sulfone groups is 1. The molecule has 23 nitrogen and oxygen atoms in total. The number of halogens is 9. The number of amides is 1. The molecular formula is C75H84F9N13O10S. The number of aromatic nitrogens is 6. The minimum atomic E-state index is -4.34. The number of methoxy groups -OCH3 is 1. The number of oxime groups is 3. The normalized spacial score (nSPS) is 13.2. The average Bonchev–Trinajstić information content (AvgIpc) is 1.59. The smallest absolute Gasteiger partial charge is 0.389 e. The third-order valence-electron chi connectivity index (χ3n) is 16.5. The van der Waals surface area contributed by atoms with Crippen LogP contribution in [0.25, 0.3) is 50.7 Å². The predicted octanol–water partition coefficient (Wildman–Crippen LogP) is 11.5. The summed E-state index contributed by atoms with van der Waals surface area (Å²) in [7, 11) is 0.692. The van der Waals surface area contributed by atoms with Gasteiger partial charge in [0.25, 0.3) is 0 Å². The molecule has 6 aromatic heterocycles. The van der Waals surface area contributed by atoms with Crippen molar-refractivity contribution in [2.45, 2.75) is 82.7 Å². The summed E-state index contributed by atoms with van der Waals surface area (Å²) >= 11 is 0. The molecule has 0 bridgehead atoms. The van der Waals surface area contributed by atoms with E-state index in [1.807, 2.05) is 98.3 Å². The number of likely N-dealkylation sites (N-methyl/N-ethyl adjacent to an activating group) is 1. The van der Waals surface area contributed by atoms with Gasteiger partial charge in [0.05, 0.1) is 92.4 Å². The zero-order valence-corrected chi connectivity index (χ0v) is 60.5. The van der Waals surface area contributed by atoms with Crippen LogP contribution >= 0.6 is 0 Å². The number of carbonyl (C=O) groups is 4. The lowest BCUT2D eigenvalue weighted by Gasteiger charge is -2.32. The molecule has 7 heterocycles. The summed E-state index contributed by atoms with van der Waals surface area (Å²) in [5.74, 6) is -1.22. The van der Waals surface area contributed by atoms with E-state index in [4.69, 9.17) is 19.2 Å². The number of fused-ring (bicyclic) bond motifs is 3. The van der Waals surface area contributed by atoms with E-state index >= 15 is 0 Å². The molecule has 0 radical (unpaired) electrons. The van der Waals surface area contributed by atoms with Crippen LogP contribution in [0.1, 0.15) is 78.3 Å². The summed E-state index contributed by atoms with van der Waals surface area (Å²) in [6, 6.07) is 32.5. The molecule has 0 aliphatic carbocycles. The van der Waals surface area contributed by atoms with E-state index in [2.05, 4.69) is 46.0 Å². The first-order valence-electron chi connectivity index (χ1n) is 34.5. The van der Waals surface area contributed by atoms with Gasteiger partial charge >= 0.3 is 18.5 Å². The molecule has 1 amide bonds. The fraction of sp³-hybridized carbons (Fsp3) is 0.387. The number of ether oxygens (including phenoxy) is 1. The molecule has 0 saturated carbocycles. The fourth-order valence-electron chi connectivity index (χ4n) is 10.9. The summed E-state index contributed by atoms with van der Waals surface area (Å²) < 4.78 is 144. The number of rotatable bonds is 36. The zero-order valence-electron chi connectivity index (χ0n) is 59.7. The molecule has 1 fully saturated rings. The van der Waals surface area contributed by atoms with Crippen molar-refractivity contribution in [2.75, 3.05) is 105 Å². The van der Waals surface area contributed by atoms with Gasteiger partial charge in [-0.15, -0.1) is 0 Å². The van der Waals surface area contributed by atoms with E-state index in [1.165, 1.54) is 12.5 Å². The van der Waals surface area contributed by atoms with Crippen molar-refractivity contribution in [1.29, 1.82) is 0 Å². The Bertz CT molecular complexity index is 4650. The highest BCUT2D eigenvalue weighted by Gasteiger charge is 2.30. The fourth-order valence-corrected chi connectivity index (χ4v) is 11.4. The van der Waals surface area contributed by atoms with E-state index in [9.17, 15) is 67.1 Å². The SMILES string of the molecule is CN1CCN(C(=O)CCON=Cc2ccn3c(-c4cccc(CC(=O)CCC(F)(F)F)c4)cnc3c2)CC1.COCCNCCON=Cc1ccn2c(-c3cccc(CC(=O)CCC(F)(F)F)c3)cnc2c1.CS(=O)(=O)CCNCCON=Cc1ccn2c(-c3cccc(CC(=O)CCC(F)(F)F)c3)cnc2c1. The van der Waals surface area contributed by atoms with Crippen molar-refractivity contribution in [2.24, 2.45) is 15.5 Å². The van der Waals surface area contributed by atoms with Crippen LogP contribution in [0.5, 0.6) is 0 Å². The van der Waals surface area contributed by atoms with Crippen molar-refractivity contribution in [3.8, 4) is 33.8 Å². The Hall–Kier alpha value is -10.2. The lowest BCUT2D eigenvalue weighted by Crippen LogP contribution is -2.47. The molecule has 1 saturated heterocycles. The lowest BCUT2D eigenvalue weighted by atomic mass is 10.0. The Morgan fingerprint density at radius 1 is 0.481 bits per heavy atom. The number of imidazole rings is 3. The van der Waals surface area contributed by atoms with Gasteiger partial charge in [-0.2, -0.15) is 39.5 Å². The monoisotopic (exact) mass is 1530 g/mol. The van der Waals surface area contributed by atoms with Crippen molar-refractivity contribution in [3.05, 3.63) is 180 Å². The van der Waals surface area contributed by atoms with Crippen molar-refractivity contribution in [1.82, 2.24) is 48.6 Å². The second-order valence-corrected chi connectivity index (χ2v) is 27.6. The second kappa shape index (κ2) is 40.7. The van der Waals surface area contributed by atoms with E-state index in [1.54, 1.807) is 92.7 Å². The molecule has 3 aromatic carbocycles. The van der Waals surface area contributed by atoms with Crippen molar-refractivity contribution in [3.63, 3.8) is 0 Å². The number of benzene rings is 3. The molecular weight excluding hydrogens is 1450 g/mol. The number of Topliss-reactive ketones (excluding diaryl/α,β-unsaturated/α-hetero) is 3. The topological polar surface area (TPSA) is 259 Å². The number of hydrogen-bond donors (Lipinski definition) is 2. The molecule has 578 valence electrons. The third kappa shape index (κ3) is 29.2. The molecule has 9 aromatic rings. The highest BCUT2D eigenvalue weighted by molar-refractivity contribution is 7.90. The largest absolute Gasteiger partial charge is 0.395 e. The summed E-state index contributed by atoms with van der Waals surface area (Å²) in [6.45, 7) is 6.99. The van der Waals surface area contributed by atoms with E-state index < -0.39 is 84.2 Å². The summed E-state index contributed by atoms with van der Waals surface area (Å²) in [6.07, 6.45) is -1.30. The number of nitrogens with one attached hydrogen (secondary N) is 2. The van der Waals surface area contributed by atoms with Crippen LogP contribution in [0, 0.1) is 0 Å². The maximum absolute atomic E-state index is 12.4. The Labute approximate surface area is 617 Å². The number of nitrogens with zero attached hydrogens (tertiary/aromatic N) is 11. The van der Waals surface area contributed by atoms with Gasteiger partial charge in [0.2, 0.25) is 5.91 Å². The first-order chi connectivity index (χ1) is 51.5. The summed E-state index contributed by atoms with van der Waals surface area (Å²) in [5.41, 5.74) is 11.1. The van der Waals surface area contributed by atoms with Gasteiger partial charge in [0, 0.05) is 156 Å². The molecule has 1 aliphatic rings. The maximum Gasteiger partial charge on any atom is 0.389 e. The number of carbonyl (C=O) groups excluding carboxylic acids is 4. The van der Waals surface area contributed by atoms with Gasteiger partial charge in [-0.1, -0.05) is 70.1 Å². The van der Waals surface area contributed by atoms with Crippen LogP contribution in [0.3, 0.4) is 0 Å². The summed E-state index contributed by atoms with van der Waals surface area (Å²) in [4.78, 5) is 81.2. The van der Waals surface area contributed by atoms with Gasteiger partial charge in [-0.25, -0.2) is 23.4 Å². The molecule has 108 heavy (non-hydrogen) atoms. The number of hydrogen-bond acceptors (Lipinski definition) is 19. The van der Waals surface area contributed by atoms with Gasteiger partial charge in [0.15, 0.2) is 0 Å². The van der Waals surface area contributed by atoms with Crippen LogP contribution in [0.2, 0.25) is 0 Å². The van der Waals surface area contributed by atoms with E-state index in [0.717, 1.165) is 83.2 Å². The minimum Gasteiger partial charge on any atom is -0.395 e. The molecule has 0 spiro atoms. The average molecular weight is 1530 g/mol. The highest BCUT2D eigenvalue weighted by Crippen LogP contribution is 2.29. The summed E-state index contributed by atoms with van der Waals surface area (Å²) in [5, 5.41) is 17.9. The zero-order chi connectivity index (χ0) is 77.7. The van der Waals surface area contributed by atoms with Crippen LogP contribution in [0.4, 0.5) is 39.5 Å². The third-order valence-corrected chi connectivity index (χ3v) is 17.5. The number of pyridine rings is 3. The number of ketones is 3. The second-order valence-electron chi connectivity index (χ2n) is 25.3. The first-order valence-corrected chi connectivity index (χ1v) is 36.5. The van der Waals surface area contributed by atoms with Crippen molar-refractivity contribution < 1.29 is 86.4 Å². The quantitative estimate of drug-likeness (QED) is 0.0160. The number of piperazine rings is 1. The lowest BCUT2D eigenvalue weighted by molar-refractivity contribution is -0.143. The maximum atomic E-state index is 12.4. The Morgan fingerprint density at radius 2 is 0.833 bits per heavy atom. The van der Waals surface area contributed by atoms with Crippen molar-refractivity contribution >= 4 is 68.7 Å². The standard InChI is InChI=1S/C27H30F3N5O3.C24H27F3N4O4S.C24H27F3N4O3/c1-33-10-12-34(13-11-33)26(37)7-14-38-32-18-21-6-9-35-24(19-31-25(35)17-21)22-4-2-3-20(15-22)16-23(36)5-8-27(28,29)30;1-36(33,34)12-9-28-8-11-35-30-16-19-6-10-31-22(17-29-23(31)15-19)20-4-2-3-18(13-20)14-21(32)5-7-24(25,26)27;1-33-11-8-28-9-12-34-30-16-19-6-10-31-22(17-29-23(31)15-19)20-4-2-3-18(13-20)14-21(32)5-7-24(25,26)27/h2-4,6,9,15,17-19H,5,7-8,10-14,16H2,1H3;2-4,6,10,13,15-17,28H,5,7-9,11-12,14H2,1H3;2-4,6,10,13,15-17,28H,5,7-9,11-12,14H2,1H3. The van der Waals surface area contributed by atoms with Crippen LogP contribution in [-0.2, 0) is 67.5 Å². The Balaban J connectivity index is 0.000000204. The number of alkyl halides is 9. The van der Waals surface area contributed by atoms with Crippen LogP contribution in [-0.4, -0.2) is 212 Å². The van der Waals surface area contributed by atoms with Gasteiger partial charge in [-0.3, -0.25) is 32.4 Å². The highest BCUT2D eigenvalue weighted by atomic mass is 32.2. The van der Waals surface area contributed by atoms with Crippen LogP contribution < -0.4 is 10.6 Å². The molecule has 33 heteroatoms. The van der Waals surface area contributed by atoms with Crippen LogP contribution in [0.15, 0.2) is 162 Å². The van der Waals surface area contributed by atoms with Gasteiger partial charge < -0.3 is 39.7 Å².